The average molecular weight is 229 g/mol. The molecule has 0 radical (unpaired) electrons. The van der Waals surface area contributed by atoms with E-state index in [4.69, 9.17) is 0 Å². The Morgan fingerprint density at radius 2 is 1.88 bits per heavy atom. The maximum absolute atomic E-state index is 11.5. The Labute approximate surface area is 99.8 Å². The minimum absolute atomic E-state index is 0.0719. The number of carboxylic acid groups (broad SMARTS) is 1. The molecule has 2 rings (SSSR count). The number of allylic oxidation sites excluding steroid dienone is 1. The topological polar surface area (TPSA) is 57.2 Å². The van der Waals surface area contributed by atoms with Crippen LogP contribution in [0.5, 0.6) is 0 Å². The number of carbonyl (C=O) groups is 2. The van der Waals surface area contributed by atoms with E-state index in [1.807, 2.05) is 30.3 Å². The summed E-state index contributed by atoms with van der Waals surface area (Å²) in [7, 11) is 0. The lowest BCUT2D eigenvalue weighted by atomic mass is 9.85. The molecule has 1 aromatic rings. The number of aliphatic carboxylic acids is 1. The molecule has 0 unspecified atom stereocenters. The fraction of sp³-hybridized carbons (Fsp3) is 0.286. The summed E-state index contributed by atoms with van der Waals surface area (Å²) in [6.07, 6.45) is 1.25. The molecule has 1 aliphatic carbocycles. The van der Waals surface area contributed by atoms with Crippen LogP contribution < -0.4 is 5.11 Å². The molecule has 1 aromatic carbocycles. The second-order valence-corrected chi connectivity index (χ2v) is 4.21. The number of carbonyl (C=O) groups excluding carboxylic acids is 2. The van der Waals surface area contributed by atoms with E-state index < -0.39 is 5.97 Å². The van der Waals surface area contributed by atoms with E-state index in [1.165, 1.54) is 0 Å². The van der Waals surface area contributed by atoms with Crippen LogP contribution in [0.2, 0.25) is 0 Å². The second-order valence-electron chi connectivity index (χ2n) is 4.21. The van der Waals surface area contributed by atoms with Gasteiger partial charge in [-0.05, 0) is 17.6 Å². The van der Waals surface area contributed by atoms with E-state index in [1.54, 1.807) is 0 Å². The SMILES string of the molecule is O=C([O-])CC1=C(c2ccccc2)CC(=O)CC1. The van der Waals surface area contributed by atoms with Crippen molar-refractivity contribution in [3.05, 3.63) is 41.5 Å². The maximum atomic E-state index is 11.5. The number of rotatable bonds is 3. The summed E-state index contributed by atoms with van der Waals surface area (Å²) in [4.78, 5) is 22.2. The summed E-state index contributed by atoms with van der Waals surface area (Å²) in [6, 6.07) is 9.48. The molecule has 0 atom stereocenters. The van der Waals surface area contributed by atoms with Crippen molar-refractivity contribution < 1.29 is 14.7 Å². The zero-order chi connectivity index (χ0) is 12.3. The summed E-state index contributed by atoms with van der Waals surface area (Å²) in [5.41, 5.74) is 2.64. The lowest BCUT2D eigenvalue weighted by Crippen LogP contribution is -2.24. The van der Waals surface area contributed by atoms with Crippen LogP contribution in [0, 0.1) is 0 Å². The zero-order valence-corrected chi connectivity index (χ0v) is 9.44. The highest BCUT2D eigenvalue weighted by molar-refractivity contribution is 5.94. The van der Waals surface area contributed by atoms with E-state index in [0.29, 0.717) is 19.3 Å². The van der Waals surface area contributed by atoms with Crippen LogP contribution in [0.4, 0.5) is 0 Å². The second kappa shape index (κ2) is 4.95. The van der Waals surface area contributed by atoms with Crippen molar-refractivity contribution in [2.75, 3.05) is 0 Å². The maximum Gasteiger partial charge on any atom is 0.137 e. The van der Waals surface area contributed by atoms with E-state index in [-0.39, 0.29) is 12.2 Å². The smallest absolute Gasteiger partial charge is 0.137 e. The Hall–Kier alpha value is -1.90. The van der Waals surface area contributed by atoms with Crippen molar-refractivity contribution >= 4 is 17.3 Å². The van der Waals surface area contributed by atoms with E-state index in [2.05, 4.69) is 0 Å². The molecule has 0 N–H and O–H groups in total. The number of carboxylic acids is 1. The summed E-state index contributed by atoms with van der Waals surface area (Å²) in [5, 5.41) is 10.7. The van der Waals surface area contributed by atoms with Crippen LogP contribution in [-0.4, -0.2) is 11.8 Å². The van der Waals surface area contributed by atoms with Gasteiger partial charge in [0.2, 0.25) is 0 Å². The molecule has 17 heavy (non-hydrogen) atoms. The molecule has 1 aliphatic rings. The van der Waals surface area contributed by atoms with Crippen LogP contribution in [-0.2, 0) is 9.59 Å². The Bertz CT molecular complexity index is 472. The number of ketones is 1. The number of Topliss-reactive ketones (excluding diaryl/α,β-unsaturated/α-hetero) is 1. The fourth-order valence-corrected chi connectivity index (χ4v) is 2.17. The summed E-state index contributed by atoms with van der Waals surface area (Å²) >= 11 is 0. The minimum Gasteiger partial charge on any atom is -0.550 e. The molecule has 0 bridgehead atoms. The first kappa shape index (κ1) is 11.6. The highest BCUT2D eigenvalue weighted by Crippen LogP contribution is 2.32. The predicted octanol–water partition coefficient (Wildman–Crippen LogP) is 1.33. The molecule has 0 amide bonds. The third kappa shape index (κ3) is 2.81. The molecule has 0 fully saturated rings. The van der Waals surface area contributed by atoms with Crippen LogP contribution in [0.3, 0.4) is 0 Å². The normalized spacial score (nSPS) is 16.1. The Balaban J connectivity index is 2.39. The molecule has 3 heteroatoms. The molecule has 0 spiro atoms. The van der Waals surface area contributed by atoms with Gasteiger partial charge < -0.3 is 9.90 Å². The van der Waals surface area contributed by atoms with Crippen molar-refractivity contribution in [1.29, 1.82) is 0 Å². The van der Waals surface area contributed by atoms with Crippen molar-refractivity contribution in [1.82, 2.24) is 0 Å². The van der Waals surface area contributed by atoms with E-state index in [0.717, 1.165) is 16.7 Å². The molecule has 0 saturated carbocycles. The highest BCUT2D eigenvalue weighted by atomic mass is 16.4. The van der Waals surface area contributed by atoms with Gasteiger partial charge in [-0.2, -0.15) is 0 Å². The average Bonchev–Trinajstić information content (AvgIpc) is 2.32. The van der Waals surface area contributed by atoms with Gasteiger partial charge in [0.25, 0.3) is 0 Å². The van der Waals surface area contributed by atoms with Gasteiger partial charge in [-0.1, -0.05) is 35.9 Å². The lowest BCUT2D eigenvalue weighted by molar-refractivity contribution is -0.304. The Kier molecular flexibility index (Phi) is 3.38. The predicted molar refractivity (Wildman–Crippen MR) is 61.8 cm³/mol. The molecule has 0 aliphatic heterocycles. The first-order valence-electron chi connectivity index (χ1n) is 5.64. The van der Waals surface area contributed by atoms with E-state index >= 15 is 0 Å². The third-order valence-electron chi connectivity index (χ3n) is 2.99. The summed E-state index contributed by atoms with van der Waals surface area (Å²) in [6.45, 7) is 0. The van der Waals surface area contributed by atoms with Gasteiger partial charge in [0, 0.05) is 25.2 Å². The van der Waals surface area contributed by atoms with Crippen LogP contribution in [0.15, 0.2) is 35.9 Å². The van der Waals surface area contributed by atoms with Crippen molar-refractivity contribution in [2.45, 2.75) is 25.7 Å². The standard InChI is InChI=1S/C14H14O3/c15-12-7-6-11(8-14(16)17)13(9-12)10-4-2-1-3-5-10/h1-5H,6-9H2,(H,16,17)/p-1. The molecule has 0 heterocycles. The van der Waals surface area contributed by atoms with Gasteiger partial charge in [-0.3, -0.25) is 4.79 Å². The number of benzene rings is 1. The Morgan fingerprint density at radius 3 is 2.53 bits per heavy atom. The van der Waals surface area contributed by atoms with Gasteiger partial charge >= 0.3 is 0 Å². The first-order valence-corrected chi connectivity index (χ1v) is 5.64. The van der Waals surface area contributed by atoms with Crippen molar-refractivity contribution in [3.63, 3.8) is 0 Å². The molecule has 0 saturated heterocycles. The van der Waals surface area contributed by atoms with Gasteiger partial charge in [-0.15, -0.1) is 0 Å². The van der Waals surface area contributed by atoms with E-state index in [9.17, 15) is 14.7 Å². The van der Waals surface area contributed by atoms with Crippen LogP contribution in [0.1, 0.15) is 31.2 Å². The van der Waals surface area contributed by atoms with Crippen LogP contribution >= 0.6 is 0 Å². The minimum atomic E-state index is -1.08. The molecule has 88 valence electrons. The molecular weight excluding hydrogens is 216 g/mol. The fourth-order valence-electron chi connectivity index (χ4n) is 2.17. The van der Waals surface area contributed by atoms with Gasteiger partial charge in [-0.25, -0.2) is 0 Å². The van der Waals surface area contributed by atoms with Crippen molar-refractivity contribution in [3.8, 4) is 0 Å². The zero-order valence-electron chi connectivity index (χ0n) is 9.44. The summed E-state index contributed by atoms with van der Waals surface area (Å²) in [5.74, 6) is -0.909. The van der Waals surface area contributed by atoms with Crippen LogP contribution in [0.25, 0.3) is 5.57 Å². The van der Waals surface area contributed by atoms with Gasteiger partial charge in [0.1, 0.15) is 5.78 Å². The molecule has 3 nitrogen and oxygen atoms in total. The quantitative estimate of drug-likeness (QED) is 0.785. The Morgan fingerprint density at radius 1 is 1.18 bits per heavy atom. The number of hydrogen-bond donors (Lipinski definition) is 0. The molecular formula is C14H13O3-. The third-order valence-corrected chi connectivity index (χ3v) is 2.99. The first-order chi connectivity index (χ1) is 8.16. The lowest BCUT2D eigenvalue weighted by Gasteiger charge is -2.20. The molecule has 0 aromatic heterocycles. The van der Waals surface area contributed by atoms with Crippen molar-refractivity contribution in [2.24, 2.45) is 0 Å². The van der Waals surface area contributed by atoms with Gasteiger partial charge in [0.15, 0.2) is 0 Å². The monoisotopic (exact) mass is 229 g/mol. The van der Waals surface area contributed by atoms with Gasteiger partial charge in [0.05, 0.1) is 0 Å². The largest absolute Gasteiger partial charge is 0.550 e. The highest BCUT2D eigenvalue weighted by Gasteiger charge is 2.19. The number of hydrogen-bond acceptors (Lipinski definition) is 3. The summed E-state index contributed by atoms with van der Waals surface area (Å²) < 4.78 is 0.